The standard InChI is InChI=1S/C22H19BrN4O3/c23-17-6-4-15(5-7-17)20(28)18-19(16-3-1-8-24-13-16)27(22(30)21(18)29)11-2-10-26-12-9-25-14-26/h1,3-9,12-14,19,28H,2,10-11H2/b20-18-. The van der Waals surface area contributed by atoms with E-state index in [1.165, 1.54) is 4.90 Å². The molecule has 1 saturated heterocycles. The number of imidazole rings is 1. The van der Waals surface area contributed by atoms with Gasteiger partial charge in [-0.3, -0.25) is 14.6 Å². The molecule has 0 bridgehead atoms. The molecule has 0 radical (unpaired) electrons. The fourth-order valence-electron chi connectivity index (χ4n) is 3.60. The SMILES string of the molecule is O=C1C(=O)N(CCCn2ccnc2)C(c2cccnc2)/C1=C(/O)c1ccc(Br)cc1. The quantitative estimate of drug-likeness (QED) is 0.340. The lowest BCUT2D eigenvalue weighted by atomic mass is 9.96. The Morgan fingerprint density at radius 3 is 2.53 bits per heavy atom. The first-order valence-electron chi connectivity index (χ1n) is 9.46. The van der Waals surface area contributed by atoms with Gasteiger partial charge in [0.15, 0.2) is 0 Å². The first kappa shape index (κ1) is 20.0. The average molecular weight is 467 g/mol. The Hall–Kier alpha value is -3.26. The van der Waals surface area contributed by atoms with Crippen LogP contribution in [0, 0.1) is 0 Å². The van der Waals surface area contributed by atoms with Crippen molar-refractivity contribution >= 4 is 33.4 Å². The Labute approximate surface area is 181 Å². The van der Waals surface area contributed by atoms with Crippen LogP contribution >= 0.6 is 15.9 Å². The van der Waals surface area contributed by atoms with E-state index < -0.39 is 17.7 Å². The van der Waals surface area contributed by atoms with Gasteiger partial charge in [-0.05, 0) is 30.2 Å². The lowest BCUT2D eigenvalue weighted by Gasteiger charge is -2.25. The number of carbonyl (C=O) groups excluding carboxylic acids is 2. The summed E-state index contributed by atoms with van der Waals surface area (Å²) in [6, 6.07) is 9.82. The smallest absolute Gasteiger partial charge is 0.295 e. The summed E-state index contributed by atoms with van der Waals surface area (Å²) in [5.41, 5.74) is 1.24. The second kappa shape index (κ2) is 8.62. The van der Waals surface area contributed by atoms with E-state index in [4.69, 9.17) is 0 Å². The molecule has 2 aromatic heterocycles. The molecule has 4 rings (SSSR count). The van der Waals surface area contributed by atoms with Crippen molar-refractivity contribution in [2.75, 3.05) is 6.54 Å². The van der Waals surface area contributed by atoms with E-state index >= 15 is 0 Å². The number of benzene rings is 1. The topological polar surface area (TPSA) is 88.3 Å². The van der Waals surface area contributed by atoms with E-state index in [2.05, 4.69) is 25.9 Å². The molecule has 1 fully saturated rings. The lowest BCUT2D eigenvalue weighted by Crippen LogP contribution is -2.31. The zero-order valence-electron chi connectivity index (χ0n) is 16.0. The Kier molecular flexibility index (Phi) is 5.76. The summed E-state index contributed by atoms with van der Waals surface area (Å²) in [6.07, 6.45) is 9.14. The second-order valence-corrected chi connectivity index (χ2v) is 7.86. The van der Waals surface area contributed by atoms with Gasteiger partial charge in [-0.15, -0.1) is 0 Å². The monoisotopic (exact) mass is 466 g/mol. The third-order valence-corrected chi connectivity index (χ3v) is 5.56. The zero-order chi connectivity index (χ0) is 21.1. The van der Waals surface area contributed by atoms with Gasteiger partial charge in [-0.2, -0.15) is 0 Å². The molecule has 152 valence electrons. The summed E-state index contributed by atoms with van der Waals surface area (Å²) in [5, 5.41) is 11.0. The van der Waals surface area contributed by atoms with Crippen LogP contribution in [-0.2, 0) is 16.1 Å². The van der Waals surface area contributed by atoms with E-state index in [1.54, 1.807) is 61.3 Å². The lowest BCUT2D eigenvalue weighted by molar-refractivity contribution is -0.139. The van der Waals surface area contributed by atoms with Gasteiger partial charge < -0.3 is 14.6 Å². The summed E-state index contributed by atoms with van der Waals surface area (Å²) in [5.74, 6) is -1.49. The molecule has 1 N–H and O–H groups in total. The Balaban J connectivity index is 1.71. The number of carbonyl (C=O) groups is 2. The molecule has 7 nitrogen and oxygen atoms in total. The number of likely N-dealkylation sites (tertiary alicyclic amines) is 1. The van der Waals surface area contributed by atoms with Gasteiger partial charge in [0.2, 0.25) is 0 Å². The molecule has 0 saturated carbocycles. The Morgan fingerprint density at radius 1 is 1.07 bits per heavy atom. The van der Waals surface area contributed by atoms with E-state index in [0.717, 1.165) is 4.47 Å². The van der Waals surface area contributed by atoms with Gasteiger partial charge >= 0.3 is 0 Å². The van der Waals surface area contributed by atoms with Gasteiger partial charge in [0, 0.05) is 47.9 Å². The van der Waals surface area contributed by atoms with Crippen LogP contribution in [0.4, 0.5) is 0 Å². The first-order chi connectivity index (χ1) is 14.6. The van der Waals surface area contributed by atoms with Crippen LogP contribution < -0.4 is 0 Å². The number of halogens is 1. The molecule has 1 aliphatic heterocycles. The number of ketones is 1. The molecule has 1 amide bonds. The molecule has 1 unspecified atom stereocenters. The van der Waals surface area contributed by atoms with E-state index in [9.17, 15) is 14.7 Å². The van der Waals surface area contributed by atoms with Crippen LogP contribution in [0.5, 0.6) is 0 Å². The Morgan fingerprint density at radius 2 is 1.87 bits per heavy atom. The number of pyridine rings is 1. The van der Waals surface area contributed by atoms with Crippen LogP contribution in [0.15, 0.2) is 77.6 Å². The minimum absolute atomic E-state index is 0.0814. The molecule has 1 atom stereocenters. The molecule has 0 aliphatic carbocycles. The number of aromatic nitrogens is 3. The van der Waals surface area contributed by atoms with Crippen molar-refractivity contribution in [3.8, 4) is 0 Å². The number of aliphatic hydroxyl groups excluding tert-OH is 1. The highest BCUT2D eigenvalue weighted by Gasteiger charge is 2.45. The number of nitrogens with zero attached hydrogens (tertiary/aromatic N) is 4. The third-order valence-electron chi connectivity index (χ3n) is 5.03. The molecule has 3 aromatic rings. The van der Waals surface area contributed by atoms with Crippen LogP contribution in [0.1, 0.15) is 23.6 Å². The van der Waals surface area contributed by atoms with Crippen molar-refractivity contribution in [2.45, 2.75) is 19.0 Å². The summed E-state index contributed by atoms with van der Waals surface area (Å²) in [6.45, 7) is 1.02. The van der Waals surface area contributed by atoms with Crippen molar-refractivity contribution in [2.24, 2.45) is 0 Å². The van der Waals surface area contributed by atoms with Crippen molar-refractivity contribution in [3.05, 3.63) is 88.7 Å². The summed E-state index contributed by atoms with van der Waals surface area (Å²) in [4.78, 5) is 35.5. The molecule has 8 heteroatoms. The highest BCUT2D eigenvalue weighted by molar-refractivity contribution is 9.10. The number of hydrogen-bond acceptors (Lipinski definition) is 5. The van der Waals surface area contributed by atoms with Crippen molar-refractivity contribution in [3.63, 3.8) is 0 Å². The maximum absolute atomic E-state index is 12.9. The highest BCUT2D eigenvalue weighted by Crippen LogP contribution is 2.39. The van der Waals surface area contributed by atoms with Gasteiger partial charge in [0.25, 0.3) is 11.7 Å². The number of hydrogen-bond donors (Lipinski definition) is 1. The normalized spacial score (nSPS) is 18.2. The fraction of sp³-hybridized carbons (Fsp3) is 0.182. The number of Topliss-reactive ketones (excluding diaryl/α,β-unsaturated/α-hetero) is 1. The predicted molar refractivity (Wildman–Crippen MR) is 114 cm³/mol. The largest absolute Gasteiger partial charge is 0.507 e. The van der Waals surface area contributed by atoms with Gasteiger partial charge in [0.1, 0.15) is 5.76 Å². The second-order valence-electron chi connectivity index (χ2n) is 6.94. The predicted octanol–water partition coefficient (Wildman–Crippen LogP) is 3.55. The first-order valence-corrected chi connectivity index (χ1v) is 10.3. The van der Waals surface area contributed by atoms with E-state index in [1.807, 2.05) is 10.8 Å². The molecule has 0 spiro atoms. The minimum Gasteiger partial charge on any atom is -0.507 e. The molecular weight excluding hydrogens is 448 g/mol. The number of amides is 1. The summed E-state index contributed by atoms with van der Waals surface area (Å²) >= 11 is 3.36. The van der Waals surface area contributed by atoms with Gasteiger partial charge in [0.05, 0.1) is 17.9 Å². The number of rotatable bonds is 6. The molecule has 3 heterocycles. The maximum Gasteiger partial charge on any atom is 0.295 e. The van der Waals surface area contributed by atoms with Crippen LogP contribution in [0.25, 0.3) is 5.76 Å². The minimum atomic E-state index is -0.690. The van der Waals surface area contributed by atoms with Gasteiger partial charge in [-0.25, -0.2) is 4.98 Å². The van der Waals surface area contributed by atoms with Crippen LogP contribution in [0.2, 0.25) is 0 Å². The molecule has 1 aliphatic rings. The number of aliphatic hydroxyl groups is 1. The Bertz CT molecular complexity index is 1080. The molecule has 1 aromatic carbocycles. The van der Waals surface area contributed by atoms with Crippen molar-refractivity contribution in [1.82, 2.24) is 19.4 Å². The van der Waals surface area contributed by atoms with Crippen molar-refractivity contribution in [1.29, 1.82) is 0 Å². The highest BCUT2D eigenvalue weighted by atomic mass is 79.9. The molecular formula is C22H19BrN4O3. The fourth-order valence-corrected chi connectivity index (χ4v) is 3.87. The zero-order valence-corrected chi connectivity index (χ0v) is 17.6. The summed E-state index contributed by atoms with van der Waals surface area (Å²) in [7, 11) is 0. The summed E-state index contributed by atoms with van der Waals surface area (Å²) < 4.78 is 2.76. The van der Waals surface area contributed by atoms with Crippen LogP contribution in [-0.4, -0.2) is 42.8 Å². The van der Waals surface area contributed by atoms with Crippen molar-refractivity contribution < 1.29 is 14.7 Å². The third kappa shape index (κ3) is 3.91. The average Bonchev–Trinajstić information content (AvgIpc) is 3.37. The van der Waals surface area contributed by atoms with E-state index in [0.29, 0.717) is 30.6 Å². The van der Waals surface area contributed by atoms with Crippen LogP contribution in [0.3, 0.4) is 0 Å². The van der Waals surface area contributed by atoms with Gasteiger partial charge in [-0.1, -0.05) is 34.1 Å². The van der Waals surface area contributed by atoms with E-state index in [-0.39, 0.29) is 11.3 Å². The number of aryl methyl sites for hydroxylation is 1. The molecule has 30 heavy (non-hydrogen) atoms. The maximum atomic E-state index is 12.9.